The van der Waals surface area contributed by atoms with Gasteiger partial charge in [0.1, 0.15) is 32.5 Å². The number of carboxylic acid groups (broad SMARTS) is 1. The Morgan fingerprint density at radius 1 is 1.00 bits per heavy atom. The Balaban J connectivity index is 1.22. The van der Waals surface area contributed by atoms with Gasteiger partial charge >= 0.3 is 5.97 Å². The average Bonchev–Trinajstić information content (AvgIpc) is 3.11. The summed E-state index contributed by atoms with van der Waals surface area (Å²) in [5.41, 5.74) is 10.0. The van der Waals surface area contributed by atoms with Crippen molar-refractivity contribution >= 4 is 53.9 Å². The van der Waals surface area contributed by atoms with Crippen LogP contribution in [0.2, 0.25) is 13.1 Å². The summed E-state index contributed by atoms with van der Waals surface area (Å²) in [5.74, 6) is -7.40. The Hall–Kier alpha value is -4.38. The fraction of sp³-hybridized carbons (Fsp3) is 0.447. The molecule has 0 atom stereocenters. The number of amides is 1. The van der Waals surface area contributed by atoms with Crippen LogP contribution in [0.15, 0.2) is 57.2 Å². The van der Waals surface area contributed by atoms with E-state index in [2.05, 4.69) is 50.1 Å². The molecule has 0 radical (unpaired) electrons. The lowest BCUT2D eigenvalue weighted by Crippen LogP contribution is -2.50. The largest absolute Gasteiger partial charge is 0.478 e. The maximum absolute atomic E-state index is 17.0. The normalized spacial score (nSPS) is 16.8. The van der Waals surface area contributed by atoms with E-state index in [1.54, 1.807) is 0 Å². The van der Waals surface area contributed by atoms with Gasteiger partial charge in [0.15, 0.2) is 17.3 Å². The zero-order valence-electron chi connectivity index (χ0n) is 30.8. The summed E-state index contributed by atoms with van der Waals surface area (Å²) in [6, 6.07) is 5.87. The highest BCUT2D eigenvalue weighted by molar-refractivity contribution is 8.00. The van der Waals surface area contributed by atoms with E-state index in [4.69, 9.17) is 19.7 Å². The van der Waals surface area contributed by atoms with Gasteiger partial charge in [-0.15, -0.1) is 11.8 Å². The zero-order chi connectivity index (χ0) is 39.1. The smallest absolute Gasteiger partial charge is 0.339 e. The Labute approximate surface area is 322 Å². The van der Waals surface area contributed by atoms with E-state index in [1.807, 2.05) is 24.3 Å². The molecule has 1 amide bonds. The fourth-order valence-electron chi connectivity index (χ4n) is 6.98. The first-order chi connectivity index (χ1) is 26.5. The van der Waals surface area contributed by atoms with E-state index in [9.17, 15) is 14.7 Å². The molecule has 0 spiro atoms. The summed E-state index contributed by atoms with van der Waals surface area (Å²) in [7, 11) is -2.51. The minimum absolute atomic E-state index is 0.106. The predicted octanol–water partition coefficient (Wildman–Crippen LogP) is 5.20. The van der Waals surface area contributed by atoms with Crippen LogP contribution < -0.4 is 15.4 Å². The third-order valence-electron chi connectivity index (χ3n) is 10.1. The van der Waals surface area contributed by atoms with Gasteiger partial charge in [0.25, 0.3) is 0 Å². The van der Waals surface area contributed by atoms with Gasteiger partial charge in [-0.2, -0.15) is 0 Å². The molecule has 12 nitrogen and oxygen atoms in total. The summed E-state index contributed by atoms with van der Waals surface area (Å²) < 4.78 is 66.8. The number of azide groups is 1. The van der Waals surface area contributed by atoms with Crippen LogP contribution in [0, 0.1) is 17.5 Å². The van der Waals surface area contributed by atoms with Gasteiger partial charge in [-0.25, -0.2) is 22.5 Å². The van der Waals surface area contributed by atoms with Gasteiger partial charge in [-0.05, 0) is 57.3 Å². The van der Waals surface area contributed by atoms with E-state index in [1.165, 1.54) is 0 Å². The molecular weight excluding hydrogens is 754 g/mol. The monoisotopic (exact) mass is 797 g/mol. The van der Waals surface area contributed by atoms with Crippen molar-refractivity contribution in [3.05, 3.63) is 91.8 Å². The quantitative estimate of drug-likeness (QED) is 0.0306. The van der Waals surface area contributed by atoms with Crippen LogP contribution in [0.5, 0.6) is 0 Å². The zero-order valence-corrected chi connectivity index (χ0v) is 32.7. The summed E-state index contributed by atoms with van der Waals surface area (Å²) in [6.07, 6.45) is 8.02. The van der Waals surface area contributed by atoms with Crippen LogP contribution in [0.25, 0.3) is 16.0 Å². The van der Waals surface area contributed by atoms with Crippen LogP contribution in [-0.4, -0.2) is 120 Å². The van der Waals surface area contributed by atoms with E-state index in [0.29, 0.717) is 42.7 Å². The number of rotatable bonds is 18. The van der Waals surface area contributed by atoms with E-state index < -0.39 is 59.2 Å². The number of fused-ring (bicyclic) bond motifs is 2. The number of allylic oxidation sites excluding steroid dienone is 5. The van der Waals surface area contributed by atoms with E-state index >= 15 is 13.2 Å². The van der Waals surface area contributed by atoms with Gasteiger partial charge in [-0.1, -0.05) is 24.3 Å². The Morgan fingerprint density at radius 3 is 2.35 bits per heavy atom. The summed E-state index contributed by atoms with van der Waals surface area (Å²) in [5, 5.41) is 18.2. The highest BCUT2D eigenvalue weighted by Gasteiger charge is 2.43. The third kappa shape index (κ3) is 8.71. The molecule has 0 bridgehead atoms. The van der Waals surface area contributed by atoms with Gasteiger partial charge < -0.3 is 29.5 Å². The Kier molecular flexibility index (Phi) is 13.2. The first-order valence-corrected chi connectivity index (χ1v) is 22.3. The minimum atomic E-state index is -2.51. The van der Waals surface area contributed by atoms with Crippen LogP contribution >= 0.6 is 11.8 Å². The second-order valence-electron chi connectivity index (χ2n) is 13.9. The number of carboxylic acids is 1. The first-order valence-electron chi connectivity index (χ1n) is 18.3. The molecule has 2 aromatic carbocycles. The molecule has 2 N–H and O–H groups in total. The molecular formula is C38H44F3N6O6SSi+. The molecule has 2 aromatic rings. The number of benzene rings is 2. The van der Waals surface area contributed by atoms with Crippen molar-refractivity contribution in [2.24, 2.45) is 5.11 Å². The number of nitrogens with one attached hydrogen (secondary N) is 1. The summed E-state index contributed by atoms with van der Waals surface area (Å²) in [6.45, 7) is 10.0. The third-order valence-corrected chi connectivity index (χ3v) is 14.7. The number of nitrogens with zero attached hydrogens (tertiary/aromatic N) is 5. The van der Waals surface area contributed by atoms with Crippen molar-refractivity contribution in [2.75, 3.05) is 89.6 Å². The van der Waals surface area contributed by atoms with Crippen LogP contribution in [0.3, 0.4) is 0 Å². The predicted molar refractivity (Wildman–Crippen MR) is 207 cm³/mol. The number of halogens is 3. The molecule has 292 valence electrons. The second-order valence-corrected chi connectivity index (χ2v) is 19.2. The summed E-state index contributed by atoms with van der Waals surface area (Å²) in [4.78, 5) is 29.5. The van der Waals surface area contributed by atoms with Gasteiger partial charge in [0.2, 0.25) is 5.91 Å². The highest BCUT2D eigenvalue weighted by Crippen LogP contribution is 2.46. The standard InChI is InChI=1S/C38H43F3N6O6SSi/c1-55(2)28-21-24(46-11-3-12-46)5-7-26(28)31(27-8-6-25(22-29(27)55)47-13-4-14-47)32-33(38(49)50)34(39)36(41)37(35(32)40)54-23-30(48)43-9-15-51-17-19-53-20-18-52-16-10-44-45-42/h5-8,21-22H,3-4,9-20,23H2,1-2H3,(H-,43,48,49,50)/p+1. The number of aromatic carboxylic acids is 1. The molecule has 1 aliphatic carbocycles. The Bertz CT molecular complexity index is 2020. The van der Waals surface area contributed by atoms with Crippen LogP contribution in [-0.2, 0) is 19.0 Å². The maximum atomic E-state index is 17.0. The number of carbonyl (C=O) groups excluding carboxylic acids is 1. The number of hydrogen-bond donors (Lipinski definition) is 2. The first kappa shape index (κ1) is 40.3. The van der Waals surface area contributed by atoms with E-state index in [0.717, 1.165) is 60.8 Å². The number of hydrogen-bond acceptors (Lipinski definition) is 8. The lowest BCUT2D eigenvalue weighted by molar-refractivity contribution is -0.582. The van der Waals surface area contributed by atoms with Gasteiger partial charge in [0.05, 0.1) is 56.7 Å². The molecule has 0 saturated carbocycles. The molecule has 3 aliphatic heterocycles. The van der Waals surface area contributed by atoms with Crippen LogP contribution in [0.1, 0.15) is 34.3 Å². The lowest BCUT2D eigenvalue weighted by atomic mass is 9.86. The molecule has 0 unspecified atom stereocenters. The van der Waals surface area contributed by atoms with Crippen molar-refractivity contribution in [2.45, 2.75) is 30.8 Å². The fourth-order valence-corrected chi connectivity index (χ4v) is 10.9. The van der Waals surface area contributed by atoms with Crippen molar-refractivity contribution in [1.82, 2.24) is 5.32 Å². The number of anilines is 1. The number of carbonyl (C=O) groups is 2. The molecule has 4 aliphatic rings. The van der Waals surface area contributed by atoms with E-state index in [-0.39, 0.29) is 38.5 Å². The van der Waals surface area contributed by atoms with Crippen LogP contribution in [0.4, 0.5) is 18.9 Å². The van der Waals surface area contributed by atoms with Crippen molar-refractivity contribution < 1.29 is 46.7 Å². The van der Waals surface area contributed by atoms with Gasteiger partial charge in [-0.3, -0.25) is 4.79 Å². The Morgan fingerprint density at radius 2 is 1.71 bits per heavy atom. The molecule has 2 fully saturated rings. The lowest BCUT2D eigenvalue weighted by Gasteiger charge is -2.40. The topological polar surface area (TPSA) is 149 Å². The molecule has 2 saturated heterocycles. The van der Waals surface area contributed by atoms with Crippen molar-refractivity contribution in [1.29, 1.82) is 0 Å². The number of ether oxygens (including phenoxy) is 3. The minimum Gasteiger partial charge on any atom is -0.478 e. The maximum Gasteiger partial charge on any atom is 0.339 e. The second kappa shape index (κ2) is 18.0. The molecule has 17 heteroatoms. The van der Waals surface area contributed by atoms with Gasteiger partial charge in [0, 0.05) is 54.5 Å². The molecule has 3 heterocycles. The molecule has 55 heavy (non-hydrogen) atoms. The van der Waals surface area contributed by atoms with Crippen molar-refractivity contribution in [3.63, 3.8) is 0 Å². The highest BCUT2D eigenvalue weighted by atomic mass is 32.2. The SMILES string of the molecule is C[Si]1(C)C2=CC(=[N+]3CCC3)C=CC2=C(c2c(F)c(SCC(=O)NCCOCCOCCOCCN=[N+]=[N-])c(F)c(F)c2C(=O)O)c2ccc(N3CCC3)cc21. The molecule has 6 rings (SSSR count). The van der Waals surface area contributed by atoms with Crippen molar-refractivity contribution in [3.8, 4) is 0 Å². The summed E-state index contributed by atoms with van der Waals surface area (Å²) >= 11 is 0.467. The average molecular weight is 798 g/mol. The molecule has 0 aromatic heterocycles. The number of thioether (sulfide) groups is 1.